The molecule has 8 heteroatoms. The fourth-order valence-electron chi connectivity index (χ4n) is 3.45. The number of nitrogens with one attached hydrogen (secondary N) is 1. The van der Waals surface area contributed by atoms with Crippen molar-refractivity contribution in [1.82, 2.24) is 5.32 Å². The maximum Gasteiger partial charge on any atom is 0.308 e. The molecule has 1 atom stereocenters. The van der Waals surface area contributed by atoms with E-state index in [9.17, 15) is 9.59 Å². The maximum atomic E-state index is 12.6. The Kier molecular flexibility index (Phi) is 10.7. The lowest BCUT2D eigenvalue weighted by Crippen LogP contribution is -2.30. The van der Waals surface area contributed by atoms with Crippen LogP contribution in [0.2, 0.25) is 0 Å². The Hall–Kier alpha value is -3.55. The summed E-state index contributed by atoms with van der Waals surface area (Å²) in [5, 5.41) is 6.48. The van der Waals surface area contributed by atoms with Crippen LogP contribution in [0.15, 0.2) is 47.6 Å². The van der Waals surface area contributed by atoms with Gasteiger partial charge in [0.1, 0.15) is 0 Å². The van der Waals surface area contributed by atoms with Gasteiger partial charge in [0.2, 0.25) is 5.91 Å². The summed E-state index contributed by atoms with van der Waals surface area (Å²) in [6.45, 7) is 2.03. The van der Waals surface area contributed by atoms with Crippen LogP contribution in [0.1, 0.15) is 55.3 Å². The molecule has 0 radical (unpaired) electrons. The maximum absolute atomic E-state index is 12.6. The van der Waals surface area contributed by atoms with E-state index in [1.54, 1.807) is 39.5 Å². The molecule has 0 saturated carbocycles. The first kappa shape index (κ1) is 25.7. The van der Waals surface area contributed by atoms with Gasteiger partial charge >= 0.3 is 5.97 Å². The van der Waals surface area contributed by atoms with Crippen LogP contribution < -0.4 is 20.6 Å². The molecule has 1 amide bonds. The molecule has 0 aliphatic rings. The normalized spacial score (nSPS) is 11.7. The molecule has 0 aliphatic heterocycles. The highest BCUT2D eigenvalue weighted by atomic mass is 16.5. The second-order valence-electron chi connectivity index (χ2n) is 7.47. The first-order valence-corrected chi connectivity index (χ1v) is 11.0. The second-order valence-corrected chi connectivity index (χ2v) is 7.47. The molecule has 0 saturated heterocycles. The van der Waals surface area contributed by atoms with E-state index < -0.39 is 6.04 Å². The van der Waals surface area contributed by atoms with E-state index in [1.165, 1.54) is 5.56 Å². The molecule has 3 N–H and O–H groups in total. The quantitative estimate of drug-likeness (QED) is 0.157. The number of benzene rings is 2. The highest BCUT2D eigenvalue weighted by molar-refractivity contribution is 5.79. The van der Waals surface area contributed by atoms with E-state index in [0.29, 0.717) is 17.9 Å². The third kappa shape index (κ3) is 8.48. The van der Waals surface area contributed by atoms with Crippen LogP contribution in [-0.4, -0.2) is 38.9 Å². The van der Waals surface area contributed by atoms with Crippen molar-refractivity contribution in [3.8, 4) is 11.5 Å². The minimum absolute atomic E-state index is 0.0352. The van der Waals surface area contributed by atoms with E-state index in [1.807, 2.05) is 30.3 Å². The van der Waals surface area contributed by atoms with Gasteiger partial charge in [-0.15, -0.1) is 0 Å². The number of esters is 1. The zero-order chi connectivity index (χ0) is 24.1. The smallest absolute Gasteiger partial charge is 0.308 e. The number of nitrogens with two attached hydrogens (primary N) is 1. The average Bonchev–Trinajstić information content (AvgIpc) is 2.82. The van der Waals surface area contributed by atoms with Gasteiger partial charge in [-0.25, -0.2) is 0 Å². The van der Waals surface area contributed by atoms with Crippen LogP contribution in [0.4, 0.5) is 0 Å². The van der Waals surface area contributed by atoms with Crippen LogP contribution in [0.5, 0.6) is 11.5 Å². The van der Waals surface area contributed by atoms with Gasteiger partial charge in [-0.2, -0.15) is 5.10 Å². The molecule has 0 bridgehead atoms. The number of aryl methyl sites for hydroxylation is 1. The van der Waals surface area contributed by atoms with Crippen molar-refractivity contribution in [3.63, 3.8) is 0 Å². The first-order valence-electron chi connectivity index (χ1n) is 11.0. The van der Waals surface area contributed by atoms with Gasteiger partial charge in [0.15, 0.2) is 11.5 Å². The highest BCUT2D eigenvalue weighted by Crippen LogP contribution is 2.31. The third-order valence-corrected chi connectivity index (χ3v) is 5.14. The van der Waals surface area contributed by atoms with E-state index in [0.717, 1.165) is 30.4 Å². The van der Waals surface area contributed by atoms with Crippen molar-refractivity contribution in [3.05, 3.63) is 59.2 Å². The number of hydrogen-bond donors (Lipinski definition) is 2. The molecule has 2 aromatic carbocycles. The van der Waals surface area contributed by atoms with E-state index in [2.05, 4.69) is 10.4 Å². The Morgan fingerprint density at radius 2 is 1.79 bits per heavy atom. The molecule has 0 aliphatic carbocycles. The monoisotopic (exact) mass is 455 g/mol. The zero-order valence-corrected chi connectivity index (χ0v) is 19.5. The largest absolute Gasteiger partial charge is 0.493 e. The lowest BCUT2D eigenvalue weighted by Gasteiger charge is -2.20. The summed E-state index contributed by atoms with van der Waals surface area (Å²) in [4.78, 5) is 24.7. The summed E-state index contributed by atoms with van der Waals surface area (Å²) in [7, 11) is 3.10. The van der Waals surface area contributed by atoms with Gasteiger partial charge in [0.05, 0.1) is 39.5 Å². The van der Waals surface area contributed by atoms with Gasteiger partial charge in [-0.3, -0.25) is 9.59 Å². The van der Waals surface area contributed by atoms with Crippen molar-refractivity contribution in [1.29, 1.82) is 0 Å². The minimum atomic E-state index is -0.520. The fourth-order valence-corrected chi connectivity index (χ4v) is 3.45. The molecule has 8 nitrogen and oxygen atoms in total. The standard InChI is InChI=1S/C25H33N3O5/c1-4-33-25(30)16-21(20-13-14-22(31-2)23(15-20)32-3)28-24(29)8-6-5-7-18-9-11-19(12-10-18)17-27-26/h9-15,17,21H,4-8,16,26H2,1-3H3,(H,28,29). The number of rotatable bonds is 13. The fraction of sp³-hybridized carbons (Fsp3) is 0.400. The predicted molar refractivity (Wildman–Crippen MR) is 127 cm³/mol. The molecule has 2 aromatic rings. The molecule has 2 rings (SSSR count). The number of methoxy groups -OCH3 is 2. The van der Waals surface area contributed by atoms with Crippen LogP contribution in [-0.2, 0) is 20.7 Å². The molecule has 33 heavy (non-hydrogen) atoms. The predicted octanol–water partition coefficient (Wildman–Crippen LogP) is 3.52. The number of amides is 1. The minimum Gasteiger partial charge on any atom is -0.493 e. The number of carbonyl (C=O) groups is 2. The molecular weight excluding hydrogens is 422 g/mol. The van der Waals surface area contributed by atoms with Crippen molar-refractivity contribution < 1.29 is 23.8 Å². The van der Waals surface area contributed by atoms with Crippen molar-refractivity contribution in [2.45, 2.75) is 45.1 Å². The van der Waals surface area contributed by atoms with E-state index in [-0.39, 0.29) is 24.9 Å². The summed E-state index contributed by atoms with van der Waals surface area (Å²) >= 11 is 0. The summed E-state index contributed by atoms with van der Waals surface area (Å²) in [5.41, 5.74) is 2.88. The van der Waals surface area contributed by atoms with Crippen LogP contribution in [0, 0.1) is 0 Å². The Labute approximate surface area is 195 Å². The van der Waals surface area contributed by atoms with Crippen molar-refractivity contribution in [2.24, 2.45) is 10.9 Å². The Morgan fingerprint density at radius 3 is 2.42 bits per heavy atom. The number of hydrogen-bond acceptors (Lipinski definition) is 7. The second kappa shape index (κ2) is 13.8. The van der Waals surface area contributed by atoms with Gasteiger partial charge in [-0.05, 0) is 55.0 Å². The molecule has 1 unspecified atom stereocenters. The summed E-state index contributed by atoms with van der Waals surface area (Å²) in [6, 6.07) is 12.8. The van der Waals surface area contributed by atoms with Crippen LogP contribution >= 0.6 is 0 Å². The number of ether oxygens (including phenoxy) is 3. The lowest BCUT2D eigenvalue weighted by molar-refractivity contribution is -0.143. The van der Waals surface area contributed by atoms with Gasteiger partial charge in [0, 0.05) is 6.42 Å². The van der Waals surface area contributed by atoms with Gasteiger partial charge < -0.3 is 25.4 Å². The molecule has 0 fully saturated rings. The Bertz CT molecular complexity index is 928. The molecule has 0 heterocycles. The first-order chi connectivity index (χ1) is 16.0. The topological polar surface area (TPSA) is 112 Å². The summed E-state index contributed by atoms with van der Waals surface area (Å²) in [6.07, 6.45) is 4.47. The molecule has 178 valence electrons. The Morgan fingerprint density at radius 1 is 1.06 bits per heavy atom. The van der Waals surface area contributed by atoms with Gasteiger partial charge in [0.25, 0.3) is 0 Å². The number of unbranched alkanes of at least 4 members (excludes halogenated alkanes) is 1. The lowest BCUT2D eigenvalue weighted by atomic mass is 10.0. The average molecular weight is 456 g/mol. The number of carbonyl (C=O) groups excluding carboxylic acids is 2. The third-order valence-electron chi connectivity index (χ3n) is 5.14. The summed E-state index contributed by atoms with van der Waals surface area (Å²) in [5.74, 6) is 5.77. The number of hydrazone groups is 1. The Balaban J connectivity index is 1.94. The SMILES string of the molecule is CCOC(=O)CC(NC(=O)CCCCc1ccc(C=NN)cc1)c1ccc(OC)c(OC)c1. The highest BCUT2D eigenvalue weighted by Gasteiger charge is 2.21. The molecule has 0 spiro atoms. The molecular formula is C25H33N3O5. The van der Waals surface area contributed by atoms with Crippen molar-refractivity contribution >= 4 is 18.1 Å². The van der Waals surface area contributed by atoms with Crippen molar-refractivity contribution in [2.75, 3.05) is 20.8 Å². The van der Waals surface area contributed by atoms with E-state index >= 15 is 0 Å². The molecule has 0 aromatic heterocycles. The summed E-state index contributed by atoms with van der Waals surface area (Å²) < 4.78 is 15.7. The van der Waals surface area contributed by atoms with Gasteiger partial charge in [-0.1, -0.05) is 30.3 Å². The van der Waals surface area contributed by atoms with Crippen LogP contribution in [0.25, 0.3) is 0 Å². The number of nitrogens with zero attached hydrogens (tertiary/aromatic N) is 1. The zero-order valence-electron chi connectivity index (χ0n) is 19.5. The van der Waals surface area contributed by atoms with E-state index in [4.69, 9.17) is 20.1 Å². The van der Waals surface area contributed by atoms with Crippen LogP contribution in [0.3, 0.4) is 0 Å².